The Hall–Kier alpha value is -2.96. The van der Waals surface area contributed by atoms with Crippen LogP contribution >= 0.6 is 0 Å². The molecule has 2 rings (SSSR count). The number of anilines is 2. The Morgan fingerprint density at radius 3 is 2.08 bits per heavy atom. The Kier molecular flexibility index (Phi) is 6.66. The highest BCUT2D eigenvalue weighted by molar-refractivity contribution is 6.04. The summed E-state index contributed by atoms with van der Waals surface area (Å²) in [6.45, 7) is 5.85. The van der Waals surface area contributed by atoms with E-state index in [-0.39, 0.29) is 5.91 Å². The molecule has 0 atom stereocenters. The molecular formula is C19H25N3O4. The van der Waals surface area contributed by atoms with Crippen LogP contribution < -0.4 is 24.4 Å². The average molecular weight is 359 g/mol. The lowest BCUT2D eigenvalue weighted by Crippen LogP contribution is -2.23. The largest absolute Gasteiger partial charge is 0.493 e. The number of rotatable bonds is 8. The van der Waals surface area contributed by atoms with Crippen LogP contribution in [0.1, 0.15) is 24.2 Å². The van der Waals surface area contributed by atoms with Gasteiger partial charge in [-0.15, -0.1) is 0 Å². The zero-order valence-electron chi connectivity index (χ0n) is 15.8. The van der Waals surface area contributed by atoms with Crippen LogP contribution in [-0.4, -0.2) is 45.3 Å². The van der Waals surface area contributed by atoms with Gasteiger partial charge in [-0.25, -0.2) is 4.98 Å². The molecule has 1 heterocycles. The minimum Gasteiger partial charge on any atom is -0.493 e. The van der Waals surface area contributed by atoms with Crippen LogP contribution in [0.3, 0.4) is 0 Å². The third-order valence-corrected chi connectivity index (χ3v) is 4.02. The van der Waals surface area contributed by atoms with Crippen molar-refractivity contribution in [1.29, 1.82) is 0 Å². The molecule has 0 aliphatic rings. The predicted octanol–water partition coefficient (Wildman–Crippen LogP) is 3.21. The molecule has 0 spiro atoms. The number of hydrogen-bond acceptors (Lipinski definition) is 6. The van der Waals surface area contributed by atoms with Gasteiger partial charge in [0.25, 0.3) is 5.91 Å². The first-order valence-corrected chi connectivity index (χ1v) is 8.40. The normalized spacial score (nSPS) is 10.2. The zero-order valence-corrected chi connectivity index (χ0v) is 15.8. The van der Waals surface area contributed by atoms with E-state index in [9.17, 15) is 4.79 Å². The van der Waals surface area contributed by atoms with Gasteiger partial charge in [0, 0.05) is 37.1 Å². The first-order chi connectivity index (χ1) is 12.6. The summed E-state index contributed by atoms with van der Waals surface area (Å²) in [5.74, 6) is 1.99. The Bertz CT molecular complexity index is 718. The van der Waals surface area contributed by atoms with Crippen molar-refractivity contribution in [3.63, 3.8) is 0 Å². The number of nitrogens with one attached hydrogen (secondary N) is 1. The summed E-state index contributed by atoms with van der Waals surface area (Å²) in [5.41, 5.74) is 1.01. The lowest BCUT2D eigenvalue weighted by Gasteiger charge is -2.19. The molecule has 0 fully saturated rings. The van der Waals surface area contributed by atoms with Gasteiger partial charge >= 0.3 is 0 Å². The minimum absolute atomic E-state index is 0.266. The van der Waals surface area contributed by atoms with Crippen molar-refractivity contribution in [3.05, 3.63) is 36.0 Å². The maximum absolute atomic E-state index is 12.5. The first-order valence-electron chi connectivity index (χ1n) is 8.40. The highest BCUT2D eigenvalue weighted by Crippen LogP contribution is 2.40. The first kappa shape index (κ1) is 19.4. The molecule has 1 N–H and O–H groups in total. The van der Waals surface area contributed by atoms with Crippen LogP contribution in [0.2, 0.25) is 0 Å². The SMILES string of the molecule is CCN(CC)c1ccc(C(=O)Nc2cc(OC)c(OC)c(OC)c2)cn1. The molecule has 1 aromatic heterocycles. The number of aromatic nitrogens is 1. The van der Waals surface area contributed by atoms with Gasteiger partial charge in [0.15, 0.2) is 11.5 Å². The summed E-state index contributed by atoms with van der Waals surface area (Å²) in [6.07, 6.45) is 1.57. The molecule has 1 amide bonds. The van der Waals surface area contributed by atoms with E-state index in [4.69, 9.17) is 14.2 Å². The molecule has 0 saturated carbocycles. The molecule has 1 aromatic carbocycles. The molecule has 0 aliphatic heterocycles. The van der Waals surface area contributed by atoms with Gasteiger partial charge in [-0.2, -0.15) is 0 Å². The van der Waals surface area contributed by atoms with E-state index < -0.39 is 0 Å². The van der Waals surface area contributed by atoms with Crippen molar-refractivity contribution < 1.29 is 19.0 Å². The molecule has 0 bridgehead atoms. The van der Waals surface area contributed by atoms with Gasteiger partial charge in [0.1, 0.15) is 5.82 Å². The van der Waals surface area contributed by atoms with E-state index in [2.05, 4.69) is 29.0 Å². The van der Waals surface area contributed by atoms with Gasteiger partial charge in [-0.05, 0) is 26.0 Å². The smallest absolute Gasteiger partial charge is 0.257 e. The van der Waals surface area contributed by atoms with Gasteiger partial charge in [0.2, 0.25) is 5.75 Å². The van der Waals surface area contributed by atoms with E-state index in [1.54, 1.807) is 24.4 Å². The molecular weight excluding hydrogens is 334 g/mol. The number of nitrogens with zero attached hydrogens (tertiary/aromatic N) is 2. The van der Waals surface area contributed by atoms with E-state index >= 15 is 0 Å². The molecule has 0 saturated heterocycles. The Labute approximate surface area is 153 Å². The summed E-state index contributed by atoms with van der Waals surface area (Å²) in [6, 6.07) is 6.96. The second-order valence-corrected chi connectivity index (χ2v) is 5.45. The summed E-state index contributed by atoms with van der Waals surface area (Å²) < 4.78 is 15.9. The fourth-order valence-electron chi connectivity index (χ4n) is 2.61. The van der Waals surface area contributed by atoms with Crippen LogP contribution in [-0.2, 0) is 0 Å². The average Bonchev–Trinajstić information content (AvgIpc) is 2.68. The number of pyridine rings is 1. The van der Waals surface area contributed by atoms with Crippen LogP contribution in [0.5, 0.6) is 17.2 Å². The second kappa shape index (κ2) is 8.94. The fraction of sp³-hybridized carbons (Fsp3) is 0.368. The van der Waals surface area contributed by atoms with Crippen LogP contribution in [0.25, 0.3) is 0 Å². The molecule has 7 heteroatoms. The molecule has 140 valence electrons. The number of benzene rings is 1. The third-order valence-electron chi connectivity index (χ3n) is 4.02. The highest BCUT2D eigenvalue weighted by Gasteiger charge is 2.15. The van der Waals surface area contributed by atoms with Gasteiger partial charge in [-0.3, -0.25) is 4.79 Å². The topological polar surface area (TPSA) is 72.9 Å². The van der Waals surface area contributed by atoms with Crippen molar-refractivity contribution in [3.8, 4) is 17.2 Å². The third kappa shape index (κ3) is 4.17. The van der Waals surface area contributed by atoms with Crippen molar-refractivity contribution in [2.45, 2.75) is 13.8 Å². The van der Waals surface area contributed by atoms with E-state index in [1.165, 1.54) is 21.3 Å². The molecule has 26 heavy (non-hydrogen) atoms. The van der Waals surface area contributed by atoms with Crippen LogP contribution in [0.15, 0.2) is 30.5 Å². The van der Waals surface area contributed by atoms with Gasteiger partial charge in [-0.1, -0.05) is 0 Å². The van der Waals surface area contributed by atoms with E-state index in [0.717, 1.165) is 18.9 Å². The van der Waals surface area contributed by atoms with Crippen molar-refractivity contribution >= 4 is 17.4 Å². The number of carbonyl (C=O) groups excluding carboxylic acids is 1. The van der Waals surface area contributed by atoms with Crippen molar-refractivity contribution in [2.24, 2.45) is 0 Å². The molecule has 7 nitrogen and oxygen atoms in total. The van der Waals surface area contributed by atoms with Crippen LogP contribution in [0, 0.1) is 0 Å². The lowest BCUT2D eigenvalue weighted by atomic mass is 10.2. The Morgan fingerprint density at radius 1 is 1.04 bits per heavy atom. The zero-order chi connectivity index (χ0) is 19.1. The quantitative estimate of drug-likeness (QED) is 0.780. The monoisotopic (exact) mass is 359 g/mol. The number of ether oxygens (including phenoxy) is 3. The molecule has 0 radical (unpaired) electrons. The van der Waals surface area contributed by atoms with Crippen LogP contribution in [0.4, 0.5) is 11.5 Å². The minimum atomic E-state index is -0.266. The Morgan fingerprint density at radius 2 is 1.65 bits per heavy atom. The summed E-state index contributed by atoms with van der Waals surface area (Å²) in [4.78, 5) is 19.0. The number of carbonyl (C=O) groups is 1. The summed E-state index contributed by atoms with van der Waals surface area (Å²) >= 11 is 0. The predicted molar refractivity (Wildman–Crippen MR) is 102 cm³/mol. The molecule has 0 unspecified atom stereocenters. The highest BCUT2D eigenvalue weighted by atomic mass is 16.5. The molecule has 0 aliphatic carbocycles. The van der Waals surface area contributed by atoms with Crippen molar-refractivity contribution in [1.82, 2.24) is 4.98 Å². The number of hydrogen-bond donors (Lipinski definition) is 1. The lowest BCUT2D eigenvalue weighted by molar-refractivity contribution is 0.102. The number of methoxy groups -OCH3 is 3. The van der Waals surface area contributed by atoms with Gasteiger partial charge < -0.3 is 24.4 Å². The molecule has 2 aromatic rings. The second-order valence-electron chi connectivity index (χ2n) is 5.45. The standard InChI is InChI=1S/C19H25N3O4/c1-6-22(7-2)17-9-8-13(12-20-17)19(23)21-14-10-15(24-3)18(26-5)16(11-14)25-4/h8-12H,6-7H2,1-5H3,(H,21,23). The fourth-order valence-corrected chi connectivity index (χ4v) is 2.61. The maximum Gasteiger partial charge on any atom is 0.257 e. The van der Waals surface area contributed by atoms with E-state index in [0.29, 0.717) is 28.5 Å². The van der Waals surface area contributed by atoms with E-state index in [1.807, 2.05) is 6.07 Å². The summed E-state index contributed by atoms with van der Waals surface area (Å²) in [5, 5.41) is 2.83. The van der Waals surface area contributed by atoms with Gasteiger partial charge in [0.05, 0.1) is 26.9 Å². The Balaban J connectivity index is 2.21. The number of amides is 1. The summed E-state index contributed by atoms with van der Waals surface area (Å²) in [7, 11) is 4.58. The van der Waals surface area contributed by atoms with Crippen molar-refractivity contribution in [2.75, 3.05) is 44.6 Å². The maximum atomic E-state index is 12.5.